The first-order valence-corrected chi connectivity index (χ1v) is 9.59. The fourth-order valence-electron chi connectivity index (χ4n) is 2.60. The molecule has 7 heteroatoms. The molecule has 2 fully saturated rings. The van der Waals surface area contributed by atoms with Crippen molar-refractivity contribution in [2.24, 2.45) is 5.92 Å². The SMILES string of the molecule is N#Cc1ccc(S(=O)(=O)N2CCC(NCC3CC3)CC2)s1. The molecule has 0 atom stereocenters. The molecule has 1 saturated heterocycles. The minimum Gasteiger partial charge on any atom is -0.314 e. The van der Waals surface area contributed by atoms with Crippen LogP contribution in [-0.2, 0) is 10.0 Å². The van der Waals surface area contributed by atoms with Crippen molar-refractivity contribution in [2.75, 3.05) is 19.6 Å². The van der Waals surface area contributed by atoms with Gasteiger partial charge in [-0.3, -0.25) is 0 Å². The lowest BCUT2D eigenvalue weighted by Crippen LogP contribution is -2.45. The van der Waals surface area contributed by atoms with Crippen LogP contribution in [0, 0.1) is 17.2 Å². The first-order chi connectivity index (χ1) is 10.1. The summed E-state index contributed by atoms with van der Waals surface area (Å²) >= 11 is 1.05. The largest absolute Gasteiger partial charge is 0.314 e. The molecule has 2 heterocycles. The second-order valence-electron chi connectivity index (χ2n) is 5.76. The van der Waals surface area contributed by atoms with Crippen molar-refractivity contribution >= 4 is 21.4 Å². The number of piperidine rings is 1. The summed E-state index contributed by atoms with van der Waals surface area (Å²) in [4.78, 5) is 0.439. The van der Waals surface area contributed by atoms with Gasteiger partial charge in [0.15, 0.2) is 0 Å². The Bertz CT molecular complexity index is 635. The fourth-order valence-corrected chi connectivity index (χ4v) is 5.33. The molecule has 114 valence electrons. The molecule has 1 N–H and O–H groups in total. The van der Waals surface area contributed by atoms with Gasteiger partial charge in [-0.25, -0.2) is 8.42 Å². The summed E-state index contributed by atoms with van der Waals surface area (Å²) in [7, 11) is -3.42. The molecule has 0 bridgehead atoms. The molecule has 1 aromatic heterocycles. The number of nitrogens with one attached hydrogen (secondary N) is 1. The second-order valence-corrected chi connectivity index (χ2v) is 9.01. The molecule has 1 aliphatic heterocycles. The van der Waals surface area contributed by atoms with E-state index < -0.39 is 10.0 Å². The maximum atomic E-state index is 12.5. The highest BCUT2D eigenvalue weighted by Gasteiger charge is 2.31. The van der Waals surface area contributed by atoms with E-state index in [0.717, 1.165) is 36.6 Å². The third kappa shape index (κ3) is 3.46. The van der Waals surface area contributed by atoms with Gasteiger partial charge in [-0.15, -0.1) is 11.3 Å². The zero-order chi connectivity index (χ0) is 14.9. The zero-order valence-corrected chi connectivity index (χ0v) is 13.4. The van der Waals surface area contributed by atoms with Crippen LogP contribution in [0.1, 0.15) is 30.6 Å². The summed E-state index contributed by atoms with van der Waals surface area (Å²) in [5, 5.41) is 12.4. The van der Waals surface area contributed by atoms with Crippen molar-refractivity contribution in [3.05, 3.63) is 17.0 Å². The highest BCUT2D eigenvalue weighted by Crippen LogP contribution is 2.29. The average molecular weight is 325 g/mol. The van der Waals surface area contributed by atoms with E-state index in [1.165, 1.54) is 18.9 Å². The molecule has 0 unspecified atom stereocenters. The Morgan fingerprint density at radius 3 is 2.57 bits per heavy atom. The summed E-state index contributed by atoms with van der Waals surface area (Å²) in [5.41, 5.74) is 0. The van der Waals surface area contributed by atoms with Gasteiger partial charge in [-0.05, 0) is 50.3 Å². The Morgan fingerprint density at radius 1 is 1.29 bits per heavy atom. The molecule has 21 heavy (non-hydrogen) atoms. The van der Waals surface area contributed by atoms with Gasteiger partial charge in [0.25, 0.3) is 10.0 Å². The number of sulfonamides is 1. The van der Waals surface area contributed by atoms with Crippen LogP contribution in [-0.4, -0.2) is 38.4 Å². The number of nitriles is 1. The van der Waals surface area contributed by atoms with E-state index >= 15 is 0 Å². The first kappa shape index (κ1) is 15.0. The van der Waals surface area contributed by atoms with Crippen molar-refractivity contribution in [3.63, 3.8) is 0 Å². The van der Waals surface area contributed by atoms with Gasteiger partial charge in [0.2, 0.25) is 0 Å². The van der Waals surface area contributed by atoms with Gasteiger partial charge in [-0.1, -0.05) is 0 Å². The topological polar surface area (TPSA) is 73.2 Å². The predicted molar refractivity (Wildman–Crippen MR) is 81.5 cm³/mol. The molecular formula is C14H19N3O2S2. The standard InChI is InChI=1S/C14H19N3O2S2/c15-9-13-3-4-14(20-13)21(18,19)17-7-5-12(6-8-17)16-10-11-1-2-11/h3-4,11-12,16H,1-2,5-8,10H2. The van der Waals surface area contributed by atoms with Crippen molar-refractivity contribution in [1.29, 1.82) is 5.26 Å². The van der Waals surface area contributed by atoms with Crippen LogP contribution in [0.4, 0.5) is 0 Å². The first-order valence-electron chi connectivity index (χ1n) is 7.33. The van der Waals surface area contributed by atoms with E-state index in [4.69, 9.17) is 5.26 Å². The lowest BCUT2D eigenvalue weighted by atomic mass is 10.1. The molecule has 0 amide bonds. The van der Waals surface area contributed by atoms with Crippen molar-refractivity contribution in [3.8, 4) is 6.07 Å². The monoisotopic (exact) mass is 325 g/mol. The summed E-state index contributed by atoms with van der Waals surface area (Å²) in [6.07, 6.45) is 4.39. The van der Waals surface area contributed by atoms with E-state index in [-0.39, 0.29) is 4.21 Å². The van der Waals surface area contributed by atoms with Crippen LogP contribution in [0.15, 0.2) is 16.3 Å². The molecule has 1 aliphatic carbocycles. The van der Waals surface area contributed by atoms with E-state index in [1.807, 2.05) is 6.07 Å². The Morgan fingerprint density at radius 2 is 2.00 bits per heavy atom. The molecular weight excluding hydrogens is 306 g/mol. The zero-order valence-electron chi connectivity index (χ0n) is 11.8. The minimum absolute atomic E-state index is 0.281. The number of nitrogens with zero attached hydrogens (tertiary/aromatic N) is 2. The Balaban J connectivity index is 1.58. The third-order valence-corrected chi connectivity index (χ3v) is 7.49. The molecule has 3 rings (SSSR count). The van der Waals surface area contributed by atoms with E-state index in [2.05, 4.69) is 5.32 Å². The van der Waals surface area contributed by atoms with Crippen molar-refractivity contribution in [2.45, 2.75) is 35.9 Å². The minimum atomic E-state index is -3.42. The molecule has 1 aromatic rings. The third-order valence-electron chi connectivity index (χ3n) is 4.13. The summed E-state index contributed by atoms with van der Waals surface area (Å²) in [6.45, 7) is 2.20. The van der Waals surface area contributed by atoms with Gasteiger partial charge in [0.05, 0.1) is 0 Å². The smallest absolute Gasteiger partial charge is 0.252 e. The number of thiophene rings is 1. The molecule has 0 aromatic carbocycles. The molecule has 2 aliphatic rings. The Hall–Kier alpha value is -0.940. The summed E-state index contributed by atoms with van der Waals surface area (Å²) < 4.78 is 26.8. The summed E-state index contributed by atoms with van der Waals surface area (Å²) in [5.74, 6) is 0.849. The molecule has 0 spiro atoms. The average Bonchev–Trinajstić information content (AvgIpc) is 3.19. The van der Waals surface area contributed by atoms with Crippen LogP contribution in [0.2, 0.25) is 0 Å². The highest BCUT2D eigenvalue weighted by atomic mass is 32.2. The Kier molecular flexibility index (Phi) is 4.31. The van der Waals surface area contributed by atoms with E-state index in [1.54, 1.807) is 10.4 Å². The maximum Gasteiger partial charge on any atom is 0.252 e. The normalized spacial score (nSPS) is 21.3. The fraction of sp³-hybridized carbons (Fsp3) is 0.643. The molecule has 0 radical (unpaired) electrons. The van der Waals surface area contributed by atoms with E-state index in [0.29, 0.717) is 24.0 Å². The van der Waals surface area contributed by atoms with Gasteiger partial charge in [-0.2, -0.15) is 9.57 Å². The van der Waals surface area contributed by atoms with Crippen LogP contribution in [0.25, 0.3) is 0 Å². The number of rotatable bonds is 5. The van der Waals surface area contributed by atoms with E-state index in [9.17, 15) is 8.42 Å². The second kappa shape index (κ2) is 6.05. The number of hydrogen-bond acceptors (Lipinski definition) is 5. The van der Waals surface area contributed by atoms with Crippen molar-refractivity contribution < 1.29 is 8.42 Å². The van der Waals surface area contributed by atoms with Crippen molar-refractivity contribution in [1.82, 2.24) is 9.62 Å². The van der Waals surface area contributed by atoms with Crippen LogP contribution in [0.3, 0.4) is 0 Å². The highest BCUT2D eigenvalue weighted by molar-refractivity contribution is 7.91. The molecule has 1 saturated carbocycles. The van der Waals surface area contributed by atoms with Gasteiger partial charge >= 0.3 is 0 Å². The van der Waals surface area contributed by atoms with Gasteiger partial charge in [0, 0.05) is 19.1 Å². The van der Waals surface area contributed by atoms with Crippen LogP contribution < -0.4 is 5.32 Å². The van der Waals surface area contributed by atoms with Gasteiger partial charge in [0.1, 0.15) is 15.2 Å². The lowest BCUT2D eigenvalue weighted by Gasteiger charge is -2.31. The molecule has 5 nitrogen and oxygen atoms in total. The maximum absolute atomic E-state index is 12.5. The Labute approximate surface area is 129 Å². The quantitative estimate of drug-likeness (QED) is 0.895. The number of hydrogen-bond donors (Lipinski definition) is 1. The summed E-state index contributed by atoms with van der Waals surface area (Å²) in [6, 6.07) is 5.54. The lowest BCUT2D eigenvalue weighted by molar-refractivity contribution is 0.288. The van der Waals surface area contributed by atoms with Crippen LogP contribution in [0.5, 0.6) is 0 Å². The van der Waals surface area contributed by atoms with Crippen LogP contribution >= 0.6 is 11.3 Å². The van der Waals surface area contributed by atoms with Gasteiger partial charge < -0.3 is 5.32 Å². The predicted octanol–water partition coefficient (Wildman–Crippen LogP) is 1.77.